The molecule has 1 amide bonds. The van der Waals surface area contributed by atoms with Gasteiger partial charge in [0.25, 0.3) is 0 Å². The molecule has 0 unspecified atom stereocenters. The molecule has 3 rings (SSSR count). The van der Waals surface area contributed by atoms with Crippen LogP contribution < -0.4 is 15.8 Å². The highest BCUT2D eigenvalue weighted by Gasteiger charge is 2.38. The monoisotopic (exact) mass is 586 g/mol. The first-order valence-electron chi connectivity index (χ1n) is 12.0. The van der Waals surface area contributed by atoms with Crippen molar-refractivity contribution in [1.82, 2.24) is 5.32 Å². The molecule has 41 heavy (non-hydrogen) atoms. The van der Waals surface area contributed by atoms with Crippen LogP contribution in [0.1, 0.15) is 33.4 Å². The maximum atomic E-state index is 12.9. The number of carbonyl (C=O) groups excluding carboxylic acids is 1. The number of hydrogen-bond donors (Lipinski definition) is 4. The summed E-state index contributed by atoms with van der Waals surface area (Å²) in [7, 11) is 0. The zero-order valence-electron chi connectivity index (χ0n) is 21.9. The second-order valence-corrected chi connectivity index (χ2v) is 9.04. The van der Waals surface area contributed by atoms with Crippen LogP contribution in [0, 0.1) is 13.8 Å². The smallest absolute Gasteiger partial charge is 0.508 e. The lowest BCUT2D eigenvalue weighted by Crippen LogP contribution is -2.42. The summed E-state index contributed by atoms with van der Waals surface area (Å²) in [5.74, 6) is -3.50. The van der Waals surface area contributed by atoms with E-state index in [-0.39, 0.29) is 30.0 Å². The number of nitrogens with one attached hydrogen (secondary N) is 1. The van der Waals surface area contributed by atoms with Crippen molar-refractivity contribution in [3.63, 3.8) is 0 Å². The summed E-state index contributed by atoms with van der Waals surface area (Å²) in [5.41, 5.74) is 10.5. The van der Waals surface area contributed by atoms with Crippen molar-refractivity contribution >= 4 is 11.9 Å². The Morgan fingerprint density at radius 3 is 2.00 bits per heavy atom. The maximum absolute atomic E-state index is 12.9. The molecule has 13 heteroatoms. The van der Waals surface area contributed by atoms with E-state index in [1.807, 2.05) is 44.2 Å². The van der Waals surface area contributed by atoms with Crippen LogP contribution in [0.3, 0.4) is 0 Å². The van der Waals surface area contributed by atoms with Crippen molar-refractivity contribution in [1.29, 1.82) is 0 Å². The van der Waals surface area contributed by atoms with Crippen molar-refractivity contribution in [2.75, 3.05) is 0 Å². The molecule has 7 nitrogen and oxygen atoms in total. The van der Waals surface area contributed by atoms with Gasteiger partial charge in [0.15, 0.2) is 0 Å². The average molecular weight is 587 g/mol. The van der Waals surface area contributed by atoms with E-state index in [0.717, 1.165) is 27.8 Å². The predicted octanol–water partition coefficient (Wildman–Crippen LogP) is 5.32. The minimum Gasteiger partial charge on any atom is -0.508 e. The second-order valence-electron chi connectivity index (χ2n) is 9.04. The fraction of sp³-hybridized carbons (Fsp3) is 0.286. The molecule has 0 radical (unpaired) electrons. The van der Waals surface area contributed by atoms with E-state index in [2.05, 4.69) is 10.1 Å². The van der Waals surface area contributed by atoms with Crippen LogP contribution in [0.15, 0.2) is 60.7 Å². The van der Waals surface area contributed by atoms with E-state index in [0.29, 0.717) is 6.42 Å². The summed E-state index contributed by atoms with van der Waals surface area (Å²) in [4.78, 5) is 21.5. The number of phenolic OH excluding ortho intramolecular Hbond substituents is 1. The number of carboxylic acid groups (broad SMARTS) is 1. The largest absolute Gasteiger partial charge is 0.573 e. The van der Waals surface area contributed by atoms with Gasteiger partial charge in [0.2, 0.25) is 5.91 Å². The number of phenols is 1. The first kappa shape index (κ1) is 32.9. The first-order valence-corrected chi connectivity index (χ1v) is 12.0. The van der Waals surface area contributed by atoms with Gasteiger partial charge in [-0.2, -0.15) is 13.2 Å². The van der Waals surface area contributed by atoms with Crippen LogP contribution in [0.25, 0.3) is 0 Å². The predicted molar refractivity (Wildman–Crippen MR) is 137 cm³/mol. The average Bonchev–Trinajstić information content (AvgIpc) is 2.85. The Bertz CT molecular complexity index is 1320. The molecule has 0 bridgehead atoms. The number of rotatable bonds is 8. The Morgan fingerprint density at radius 1 is 0.927 bits per heavy atom. The number of ether oxygens (including phenoxy) is 1. The molecular weight excluding hydrogens is 558 g/mol. The molecule has 0 aliphatic carbocycles. The van der Waals surface area contributed by atoms with Gasteiger partial charge in [-0.15, -0.1) is 13.2 Å². The molecule has 0 saturated carbocycles. The molecule has 0 aliphatic heterocycles. The number of aryl methyl sites for hydroxylation is 2. The quantitative estimate of drug-likeness (QED) is 0.265. The molecule has 3 aromatic rings. The molecule has 1 atom stereocenters. The van der Waals surface area contributed by atoms with E-state index in [1.165, 1.54) is 6.07 Å². The minimum absolute atomic E-state index is 0.129. The van der Waals surface area contributed by atoms with Gasteiger partial charge in [0.1, 0.15) is 11.5 Å². The fourth-order valence-corrected chi connectivity index (χ4v) is 3.86. The lowest BCUT2D eigenvalue weighted by Gasteiger charge is -2.18. The van der Waals surface area contributed by atoms with Crippen LogP contribution in [0.2, 0.25) is 0 Å². The van der Waals surface area contributed by atoms with Crippen molar-refractivity contribution in [3.8, 4) is 11.5 Å². The van der Waals surface area contributed by atoms with E-state index >= 15 is 0 Å². The second kappa shape index (κ2) is 13.9. The van der Waals surface area contributed by atoms with Gasteiger partial charge in [-0.25, -0.2) is 4.79 Å². The van der Waals surface area contributed by atoms with Crippen LogP contribution in [0.5, 0.6) is 11.5 Å². The summed E-state index contributed by atoms with van der Waals surface area (Å²) in [6.45, 7) is 3.45. The SMILES string of the molecule is Cc1cc(O)cc(C)c1C[C@H](N)C(=O)NCc1cc(Cc2ccccc2)ccc1OC(F)(F)F.O=C(O)C(F)(F)F. The first-order chi connectivity index (χ1) is 19.0. The third kappa shape index (κ3) is 11.0. The number of alkyl halides is 6. The van der Waals surface area contributed by atoms with Crippen LogP contribution in [-0.4, -0.2) is 40.7 Å². The summed E-state index contributed by atoms with van der Waals surface area (Å²) >= 11 is 0. The molecular formula is C28H28F6N2O5. The number of aliphatic carboxylic acids is 1. The van der Waals surface area contributed by atoms with Crippen molar-refractivity contribution < 1.29 is 50.9 Å². The van der Waals surface area contributed by atoms with Crippen LogP contribution in [0.4, 0.5) is 26.3 Å². The van der Waals surface area contributed by atoms with E-state index in [4.69, 9.17) is 15.6 Å². The van der Waals surface area contributed by atoms with Crippen LogP contribution >= 0.6 is 0 Å². The molecule has 0 aliphatic rings. The van der Waals surface area contributed by atoms with Gasteiger partial charge in [0.05, 0.1) is 6.04 Å². The molecule has 3 aromatic carbocycles. The van der Waals surface area contributed by atoms with Crippen LogP contribution in [-0.2, 0) is 29.0 Å². The van der Waals surface area contributed by atoms with E-state index in [1.54, 1.807) is 24.3 Å². The number of nitrogens with two attached hydrogens (primary N) is 1. The summed E-state index contributed by atoms with van der Waals surface area (Å²) in [6, 6.07) is 16.2. The standard InChI is InChI=1S/C26H27F3N2O3.C2HF3O2/c1-16-10-21(32)11-17(2)22(16)14-23(30)25(33)31-15-20-13-19(12-18-6-4-3-5-7-18)8-9-24(20)34-26(27,28)29;3-2(4,5)1(6)7/h3-11,13,23,32H,12,14-15,30H2,1-2H3,(H,31,33);(H,6,7)/t23-;/m0./s1. The number of amides is 1. The minimum atomic E-state index is -5.08. The van der Waals surface area contributed by atoms with Gasteiger partial charge in [-0.05, 0) is 78.8 Å². The number of carbonyl (C=O) groups is 2. The highest BCUT2D eigenvalue weighted by molar-refractivity contribution is 5.82. The molecule has 5 N–H and O–H groups in total. The fourth-order valence-electron chi connectivity index (χ4n) is 3.86. The molecule has 0 fully saturated rings. The third-order valence-electron chi connectivity index (χ3n) is 5.74. The number of benzene rings is 3. The summed E-state index contributed by atoms with van der Waals surface area (Å²) < 4.78 is 74.6. The summed E-state index contributed by atoms with van der Waals surface area (Å²) in [5, 5.41) is 19.4. The van der Waals surface area contributed by atoms with E-state index in [9.17, 15) is 36.2 Å². The number of halogens is 6. The van der Waals surface area contributed by atoms with Gasteiger partial charge in [0, 0.05) is 12.1 Å². The molecule has 0 spiro atoms. The Kier molecular flexibility index (Phi) is 11.2. The number of carboxylic acids is 1. The molecule has 0 aromatic heterocycles. The van der Waals surface area contributed by atoms with Crippen molar-refractivity contribution in [3.05, 3.63) is 94.0 Å². The molecule has 0 saturated heterocycles. The Hall–Kier alpha value is -4.26. The Labute approximate surface area is 231 Å². The van der Waals surface area contributed by atoms with Gasteiger partial charge in [-0.3, -0.25) is 4.79 Å². The number of hydrogen-bond acceptors (Lipinski definition) is 5. The van der Waals surface area contributed by atoms with Crippen molar-refractivity contribution in [2.24, 2.45) is 5.73 Å². The lowest BCUT2D eigenvalue weighted by atomic mass is 9.96. The summed E-state index contributed by atoms with van der Waals surface area (Å²) in [6.07, 6.45) is -9.19. The number of aromatic hydroxyl groups is 1. The topological polar surface area (TPSA) is 122 Å². The van der Waals surface area contributed by atoms with Crippen molar-refractivity contribution in [2.45, 2.75) is 51.8 Å². The Morgan fingerprint density at radius 2 is 1.49 bits per heavy atom. The highest BCUT2D eigenvalue weighted by atomic mass is 19.4. The van der Waals surface area contributed by atoms with Gasteiger partial charge < -0.3 is 26.0 Å². The zero-order chi connectivity index (χ0) is 31.0. The maximum Gasteiger partial charge on any atom is 0.573 e. The lowest BCUT2D eigenvalue weighted by molar-refractivity contribution is -0.274. The van der Waals surface area contributed by atoms with E-state index < -0.39 is 30.5 Å². The highest BCUT2D eigenvalue weighted by Crippen LogP contribution is 2.28. The normalized spacial score (nSPS) is 12.1. The zero-order valence-corrected chi connectivity index (χ0v) is 21.9. The molecule has 222 valence electrons. The van der Waals surface area contributed by atoms with Gasteiger partial charge in [-0.1, -0.05) is 36.4 Å². The third-order valence-corrected chi connectivity index (χ3v) is 5.74. The van der Waals surface area contributed by atoms with Gasteiger partial charge >= 0.3 is 18.5 Å². The Balaban J connectivity index is 0.000000745. The molecule has 0 heterocycles.